The molecule has 0 spiro atoms. The first-order chi connectivity index (χ1) is 8.82. The highest BCUT2D eigenvalue weighted by atomic mass is 32.2. The van der Waals surface area contributed by atoms with E-state index in [-0.39, 0.29) is 22.6 Å². The van der Waals surface area contributed by atoms with Crippen molar-refractivity contribution in [1.82, 2.24) is 5.32 Å². The van der Waals surface area contributed by atoms with Gasteiger partial charge in [-0.1, -0.05) is 13.8 Å². The highest BCUT2D eigenvalue weighted by molar-refractivity contribution is 7.99. The number of amides is 1. The van der Waals surface area contributed by atoms with Gasteiger partial charge in [0.25, 0.3) is 0 Å². The van der Waals surface area contributed by atoms with Gasteiger partial charge in [-0.2, -0.15) is 11.8 Å². The summed E-state index contributed by atoms with van der Waals surface area (Å²) in [5, 5.41) is 3.16. The molecule has 1 aromatic heterocycles. The summed E-state index contributed by atoms with van der Waals surface area (Å²) in [7, 11) is 0. The number of carbonyl (C=O) groups excluding carboxylic acids is 1. The van der Waals surface area contributed by atoms with E-state index in [4.69, 9.17) is 4.42 Å². The van der Waals surface area contributed by atoms with Crippen LogP contribution in [0.15, 0.2) is 10.5 Å². The van der Waals surface area contributed by atoms with Crippen LogP contribution in [0.1, 0.15) is 50.3 Å². The zero-order valence-corrected chi connectivity index (χ0v) is 13.2. The Morgan fingerprint density at radius 3 is 2.89 bits per heavy atom. The molecule has 0 saturated heterocycles. The highest BCUT2D eigenvalue weighted by Crippen LogP contribution is 2.42. The maximum Gasteiger partial charge on any atom is 0.233 e. The van der Waals surface area contributed by atoms with Gasteiger partial charge in [-0.15, -0.1) is 0 Å². The lowest BCUT2D eigenvalue weighted by atomic mass is 9.74. The van der Waals surface area contributed by atoms with Gasteiger partial charge >= 0.3 is 0 Å². The molecule has 2 unspecified atom stereocenters. The maximum absolute atomic E-state index is 12.1. The van der Waals surface area contributed by atoms with Gasteiger partial charge < -0.3 is 9.73 Å². The third kappa shape index (κ3) is 3.16. The molecule has 3 nitrogen and oxygen atoms in total. The van der Waals surface area contributed by atoms with Crippen molar-refractivity contribution in [3.05, 3.63) is 23.2 Å². The molecule has 0 aliphatic heterocycles. The minimum atomic E-state index is -0.0125. The first kappa shape index (κ1) is 14.5. The molecule has 2 rings (SSSR count). The largest absolute Gasteiger partial charge is 0.466 e. The summed E-state index contributed by atoms with van der Waals surface area (Å²) in [5.74, 6) is 2.08. The molecule has 0 bridgehead atoms. The van der Waals surface area contributed by atoms with Crippen molar-refractivity contribution in [3.63, 3.8) is 0 Å². The molecule has 1 N–H and O–H groups in total. The molecule has 0 saturated carbocycles. The van der Waals surface area contributed by atoms with Crippen molar-refractivity contribution in [1.29, 1.82) is 0 Å². The first-order valence-electron chi connectivity index (χ1n) is 6.75. The lowest BCUT2D eigenvalue weighted by Crippen LogP contribution is -2.39. The molecule has 0 aromatic carbocycles. The molecule has 2 atom stereocenters. The van der Waals surface area contributed by atoms with Crippen LogP contribution in [0.25, 0.3) is 0 Å². The second-order valence-electron chi connectivity index (χ2n) is 6.22. The Labute approximate surface area is 119 Å². The second-order valence-corrected chi connectivity index (χ2v) is 7.40. The number of fused-ring (bicyclic) bond motifs is 1. The number of furan rings is 1. The topological polar surface area (TPSA) is 42.2 Å². The fourth-order valence-electron chi connectivity index (χ4n) is 2.71. The summed E-state index contributed by atoms with van der Waals surface area (Å²) in [5.41, 5.74) is 1.33. The normalized spacial score (nSPS) is 22.7. The van der Waals surface area contributed by atoms with Gasteiger partial charge in [-0.05, 0) is 38.0 Å². The monoisotopic (exact) mass is 281 g/mol. The molecule has 1 amide bonds. The van der Waals surface area contributed by atoms with Crippen LogP contribution in [0.3, 0.4) is 0 Å². The minimum Gasteiger partial charge on any atom is -0.466 e. The van der Waals surface area contributed by atoms with Crippen molar-refractivity contribution in [2.75, 3.05) is 6.26 Å². The standard InChI is InChI=1S/C15H23NO2S/c1-9-6-11-12(16-14(17)10(2)19-5)7-15(3,4)8-13(11)18-9/h6,10,12H,7-8H2,1-5H3,(H,16,17). The van der Waals surface area contributed by atoms with Crippen LogP contribution in [0.2, 0.25) is 0 Å². The van der Waals surface area contributed by atoms with Gasteiger partial charge in [0.1, 0.15) is 11.5 Å². The number of nitrogens with one attached hydrogen (secondary N) is 1. The smallest absolute Gasteiger partial charge is 0.233 e. The molecular formula is C15H23NO2S. The molecule has 1 aliphatic rings. The van der Waals surface area contributed by atoms with Crippen LogP contribution < -0.4 is 5.32 Å². The van der Waals surface area contributed by atoms with Crippen LogP contribution >= 0.6 is 11.8 Å². The number of carbonyl (C=O) groups is 1. The number of rotatable bonds is 3. The Bertz CT molecular complexity index is 478. The van der Waals surface area contributed by atoms with E-state index >= 15 is 0 Å². The van der Waals surface area contributed by atoms with Crippen LogP contribution in [0, 0.1) is 12.3 Å². The molecular weight excluding hydrogens is 258 g/mol. The minimum absolute atomic E-state index is 0.0125. The summed E-state index contributed by atoms with van der Waals surface area (Å²) in [6.45, 7) is 8.36. The second kappa shape index (κ2) is 5.23. The molecule has 1 heterocycles. The van der Waals surface area contributed by atoms with E-state index in [0.29, 0.717) is 0 Å². The van der Waals surface area contributed by atoms with E-state index in [9.17, 15) is 4.79 Å². The van der Waals surface area contributed by atoms with Gasteiger partial charge in [0, 0.05) is 12.0 Å². The number of hydrogen-bond acceptors (Lipinski definition) is 3. The lowest BCUT2D eigenvalue weighted by Gasteiger charge is -2.35. The zero-order chi connectivity index (χ0) is 14.2. The number of thioether (sulfide) groups is 1. The number of hydrogen-bond donors (Lipinski definition) is 1. The SMILES string of the molecule is CSC(C)C(=O)NC1CC(C)(C)Cc2oc(C)cc21. The average molecular weight is 281 g/mol. The van der Waals surface area contributed by atoms with Gasteiger partial charge in [-0.25, -0.2) is 0 Å². The molecule has 0 radical (unpaired) electrons. The summed E-state index contributed by atoms with van der Waals surface area (Å²) in [6.07, 6.45) is 3.87. The van der Waals surface area contributed by atoms with Crippen LogP contribution in [-0.4, -0.2) is 17.4 Å². The van der Waals surface area contributed by atoms with E-state index in [1.807, 2.05) is 20.1 Å². The summed E-state index contributed by atoms with van der Waals surface area (Å²) in [6, 6.07) is 2.15. The predicted octanol–water partition coefficient (Wildman–Crippen LogP) is 3.47. The molecule has 0 fully saturated rings. The predicted molar refractivity (Wildman–Crippen MR) is 79.4 cm³/mol. The third-order valence-corrected chi connectivity index (χ3v) is 4.70. The van der Waals surface area contributed by atoms with Crippen molar-refractivity contribution < 1.29 is 9.21 Å². The molecule has 19 heavy (non-hydrogen) atoms. The van der Waals surface area contributed by atoms with Crippen LogP contribution in [0.4, 0.5) is 0 Å². The molecule has 1 aromatic rings. The summed E-state index contributed by atoms with van der Waals surface area (Å²) in [4.78, 5) is 12.1. The maximum atomic E-state index is 12.1. The summed E-state index contributed by atoms with van der Waals surface area (Å²) >= 11 is 1.57. The molecule has 106 valence electrons. The van der Waals surface area contributed by atoms with E-state index in [1.165, 1.54) is 5.56 Å². The van der Waals surface area contributed by atoms with Crippen LogP contribution in [0.5, 0.6) is 0 Å². The Kier molecular flexibility index (Phi) is 4.00. The Hall–Kier alpha value is -0.900. The summed E-state index contributed by atoms with van der Waals surface area (Å²) < 4.78 is 5.78. The zero-order valence-electron chi connectivity index (χ0n) is 12.4. The van der Waals surface area contributed by atoms with Crippen molar-refractivity contribution in [3.8, 4) is 0 Å². The Balaban J connectivity index is 2.22. The fraction of sp³-hybridized carbons (Fsp3) is 0.667. The van der Waals surface area contributed by atoms with E-state index in [1.54, 1.807) is 11.8 Å². The quantitative estimate of drug-likeness (QED) is 0.922. The van der Waals surface area contributed by atoms with Gasteiger partial charge in [0.15, 0.2) is 0 Å². The van der Waals surface area contributed by atoms with Gasteiger partial charge in [-0.3, -0.25) is 4.79 Å². The first-order valence-corrected chi connectivity index (χ1v) is 8.03. The van der Waals surface area contributed by atoms with E-state index < -0.39 is 0 Å². The van der Waals surface area contributed by atoms with Crippen molar-refractivity contribution in [2.45, 2.75) is 51.8 Å². The Morgan fingerprint density at radius 1 is 1.58 bits per heavy atom. The third-order valence-electron chi connectivity index (χ3n) is 3.78. The average Bonchev–Trinajstić information content (AvgIpc) is 2.66. The van der Waals surface area contributed by atoms with Gasteiger partial charge in [0.2, 0.25) is 5.91 Å². The highest BCUT2D eigenvalue weighted by Gasteiger charge is 2.35. The van der Waals surface area contributed by atoms with E-state index in [0.717, 1.165) is 24.4 Å². The van der Waals surface area contributed by atoms with E-state index in [2.05, 4.69) is 25.2 Å². The molecule has 4 heteroatoms. The number of aryl methyl sites for hydroxylation is 1. The lowest BCUT2D eigenvalue weighted by molar-refractivity contribution is -0.121. The van der Waals surface area contributed by atoms with Crippen LogP contribution in [-0.2, 0) is 11.2 Å². The van der Waals surface area contributed by atoms with Crippen molar-refractivity contribution in [2.24, 2.45) is 5.41 Å². The van der Waals surface area contributed by atoms with Gasteiger partial charge in [0.05, 0.1) is 11.3 Å². The van der Waals surface area contributed by atoms with Crippen molar-refractivity contribution >= 4 is 17.7 Å². The Morgan fingerprint density at radius 2 is 2.26 bits per heavy atom. The fourth-order valence-corrected chi connectivity index (χ4v) is 2.99. The molecule has 1 aliphatic carbocycles.